The lowest BCUT2D eigenvalue weighted by atomic mass is 9.85. The van der Waals surface area contributed by atoms with Crippen molar-refractivity contribution in [2.24, 2.45) is 5.73 Å². The molecule has 8 nitrogen and oxygen atoms in total. The molecule has 1 aromatic heterocycles. The molecule has 0 bridgehead atoms. The van der Waals surface area contributed by atoms with Crippen LogP contribution in [0, 0.1) is 0 Å². The van der Waals surface area contributed by atoms with E-state index in [0.717, 1.165) is 71.4 Å². The Labute approximate surface area is 258 Å². The van der Waals surface area contributed by atoms with E-state index < -0.39 is 17.6 Å². The third-order valence-electron chi connectivity index (χ3n) is 7.79. The van der Waals surface area contributed by atoms with Gasteiger partial charge in [0.1, 0.15) is 5.82 Å². The average molecular weight is 616 g/mol. The van der Waals surface area contributed by atoms with Crippen molar-refractivity contribution in [3.8, 4) is 5.69 Å². The summed E-state index contributed by atoms with van der Waals surface area (Å²) in [5.74, 6) is -0.229. The van der Waals surface area contributed by atoms with Gasteiger partial charge in [-0.05, 0) is 68.1 Å². The zero-order valence-electron chi connectivity index (χ0n) is 24.6. The number of nitrogens with two attached hydrogens (primary N) is 1. The fourth-order valence-corrected chi connectivity index (χ4v) is 5.59. The van der Waals surface area contributed by atoms with E-state index in [9.17, 15) is 27.6 Å². The normalized spacial score (nSPS) is 15.9. The summed E-state index contributed by atoms with van der Waals surface area (Å²) in [4.78, 5) is 38.3. The molecule has 0 saturated heterocycles. The number of rotatable bonds is 6. The van der Waals surface area contributed by atoms with Crippen LogP contribution in [0.5, 0.6) is 0 Å². The fourth-order valence-electron chi connectivity index (χ4n) is 5.59. The lowest BCUT2D eigenvalue weighted by Crippen LogP contribution is -2.38. The van der Waals surface area contributed by atoms with Crippen LogP contribution >= 0.6 is 0 Å². The average Bonchev–Trinajstić information content (AvgIpc) is 3.73. The van der Waals surface area contributed by atoms with Crippen LogP contribution in [-0.4, -0.2) is 34.0 Å². The minimum absolute atomic E-state index is 0.0486. The molecule has 3 amide bonds. The second kappa shape index (κ2) is 13.2. The lowest BCUT2D eigenvalue weighted by molar-refractivity contribution is -0.137. The predicted octanol–water partition coefficient (Wildman–Crippen LogP) is 6.61. The molecule has 1 aliphatic carbocycles. The standard InChI is InChI=1S/C26H26N4O2.C8H6F3NO/c1-2-29-24(31)16-21(22-17-27-30(26(22)29)19-12-4-3-5-13-19)20-14-8-9-15-23(20)28-25(32)18-10-6-7-11-18;9-8(10,11)6-3-1-2-5(4-6)7(12)13/h3-5,8-10,12-15,17,21H,2,6-7,11,16H2,1H3,(H,28,32);1-4H,(H2,12,13). The summed E-state index contributed by atoms with van der Waals surface area (Å²) in [6, 6.07) is 21.6. The topological polar surface area (TPSA) is 110 Å². The van der Waals surface area contributed by atoms with Crippen LogP contribution in [0.15, 0.2) is 96.7 Å². The van der Waals surface area contributed by atoms with E-state index in [1.165, 1.54) is 6.07 Å². The Morgan fingerprint density at radius 2 is 1.73 bits per heavy atom. The number of carbonyl (C=O) groups excluding carboxylic acids is 3. The molecule has 3 aromatic carbocycles. The van der Waals surface area contributed by atoms with Crippen molar-refractivity contribution in [3.05, 3.63) is 119 Å². The van der Waals surface area contributed by atoms with Crippen LogP contribution in [0.25, 0.3) is 5.69 Å². The van der Waals surface area contributed by atoms with E-state index in [1.807, 2.05) is 78.5 Å². The number of nitrogens with one attached hydrogen (secondary N) is 1. The van der Waals surface area contributed by atoms with Crippen molar-refractivity contribution in [1.82, 2.24) is 9.78 Å². The summed E-state index contributed by atoms with van der Waals surface area (Å²) in [5.41, 5.74) is 8.25. The highest BCUT2D eigenvalue weighted by Gasteiger charge is 2.36. The lowest BCUT2D eigenvalue weighted by Gasteiger charge is -2.32. The number of anilines is 2. The minimum Gasteiger partial charge on any atom is -0.366 e. The number of allylic oxidation sites excluding steroid dienone is 1. The van der Waals surface area contributed by atoms with Crippen molar-refractivity contribution < 1.29 is 27.6 Å². The Kier molecular flexibility index (Phi) is 9.17. The van der Waals surface area contributed by atoms with E-state index in [0.29, 0.717) is 13.0 Å². The number of amides is 3. The van der Waals surface area contributed by atoms with Crippen molar-refractivity contribution in [2.45, 2.75) is 44.7 Å². The largest absolute Gasteiger partial charge is 0.416 e. The highest BCUT2D eigenvalue weighted by Crippen LogP contribution is 2.43. The van der Waals surface area contributed by atoms with Crippen molar-refractivity contribution in [1.29, 1.82) is 0 Å². The van der Waals surface area contributed by atoms with Gasteiger partial charge in [0.2, 0.25) is 11.8 Å². The molecular weight excluding hydrogens is 583 g/mol. The van der Waals surface area contributed by atoms with Crippen molar-refractivity contribution >= 4 is 29.2 Å². The number of hydrogen-bond acceptors (Lipinski definition) is 4. The highest BCUT2D eigenvalue weighted by atomic mass is 19.4. The number of aromatic nitrogens is 2. The van der Waals surface area contributed by atoms with Crippen molar-refractivity contribution in [2.75, 3.05) is 16.8 Å². The molecule has 1 atom stereocenters. The maximum Gasteiger partial charge on any atom is 0.416 e. The summed E-state index contributed by atoms with van der Waals surface area (Å²) in [7, 11) is 0. The first-order valence-electron chi connectivity index (χ1n) is 14.6. The summed E-state index contributed by atoms with van der Waals surface area (Å²) in [6.07, 6.45) is 2.58. The van der Waals surface area contributed by atoms with Gasteiger partial charge in [-0.15, -0.1) is 0 Å². The molecule has 6 rings (SSSR count). The molecule has 3 N–H and O–H groups in total. The van der Waals surface area contributed by atoms with E-state index in [-0.39, 0.29) is 23.3 Å². The summed E-state index contributed by atoms with van der Waals surface area (Å²) < 4.78 is 38.1. The van der Waals surface area contributed by atoms with Crippen LogP contribution in [0.4, 0.5) is 24.7 Å². The molecule has 11 heteroatoms. The molecular formula is C34H32F3N5O3. The van der Waals surface area contributed by atoms with Gasteiger partial charge in [0.25, 0.3) is 5.91 Å². The Bertz CT molecular complexity index is 1750. The van der Waals surface area contributed by atoms with Gasteiger partial charge in [-0.2, -0.15) is 18.3 Å². The third kappa shape index (κ3) is 6.82. The number of fused-ring (bicyclic) bond motifs is 1. The molecule has 45 heavy (non-hydrogen) atoms. The smallest absolute Gasteiger partial charge is 0.366 e. The number of nitrogens with zero attached hydrogens (tertiary/aromatic N) is 3. The Morgan fingerprint density at radius 3 is 2.40 bits per heavy atom. The monoisotopic (exact) mass is 615 g/mol. The number of para-hydroxylation sites is 2. The maximum atomic E-state index is 13.2. The van der Waals surface area contributed by atoms with Crippen LogP contribution in [0.2, 0.25) is 0 Å². The van der Waals surface area contributed by atoms with E-state index in [2.05, 4.69) is 10.4 Å². The van der Waals surface area contributed by atoms with Gasteiger partial charge in [-0.25, -0.2) is 4.68 Å². The first-order chi connectivity index (χ1) is 21.6. The maximum absolute atomic E-state index is 13.2. The first kappa shape index (κ1) is 31.2. The molecule has 0 spiro atoms. The highest BCUT2D eigenvalue weighted by molar-refractivity contribution is 6.05. The molecule has 0 radical (unpaired) electrons. The SMILES string of the molecule is CCN1C(=O)CC(c2ccccc2NC(=O)C2=CCCC2)c2cnn(-c3ccccc3)c21.NC(=O)c1cccc(C(F)(F)F)c1. The van der Waals surface area contributed by atoms with Gasteiger partial charge in [0.05, 0.1) is 17.4 Å². The number of hydrogen-bond donors (Lipinski definition) is 2. The molecule has 1 unspecified atom stereocenters. The van der Waals surface area contributed by atoms with Gasteiger partial charge in [-0.1, -0.05) is 48.5 Å². The molecule has 1 aliphatic heterocycles. The third-order valence-corrected chi connectivity index (χ3v) is 7.79. The number of benzene rings is 3. The van der Waals surface area contributed by atoms with Crippen molar-refractivity contribution in [3.63, 3.8) is 0 Å². The second-order valence-corrected chi connectivity index (χ2v) is 10.7. The predicted molar refractivity (Wildman–Crippen MR) is 165 cm³/mol. The Hall–Kier alpha value is -5.19. The number of carbonyl (C=O) groups is 3. The zero-order valence-corrected chi connectivity index (χ0v) is 24.6. The van der Waals surface area contributed by atoms with Gasteiger partial charge in [-0.3, -0.25) is 19.3 Å². The van der Waals surface area contributed by atoms with Crippen LogP contribution < -0.4 is 16.0 Å². The summed E-state index contributed by atoms with van der Waals surface area (Å²) >= 11 is 0. The number of alkyl halides is 3. The van der Waals surface area contributed by atoms with Crippen LogP contribution in [-0.2, 0) is 15.8 Å². The van der Waals surface area contributed by atoms with Crippen LogP contribution in [0.1, 0.15) is 65.6 Å². The molecule has 232 valence electrons. The van der Waals surface area contributed by atoms with Gasteiger partial charge < -0.3 is 11.1 Å². The molecule has 0 fully saturated rings. The zero-order chi connectivity index (χ0) is 32.1. The Morgan fingerprint density at radius 1 is 1.00 bits per heavy atom. The van der Waals surface area contributed by atoms with Crippen LogP contribution in [0.3, 0.4) is 0 Å². The summed E-state index contributed by atoms with van der Waals surface area (Å²) in [6.45, 7) is 2.55. The fraction of sp³-hybridized carbons (Fsp3) is 0.235. The quantitative estimate of drug-likeness (QED) is 0.254. The summed E-state index contributed by atoms with van der Waals surface area (Å²) in [5, 5.41) is 7.76. The van der Waals surface area contributed by atoms with E-state index in [4.69, 9.17) is 5.73 Å². The van der Waals surface area contributed by atoms with Gasteiger partial charge in [0.15, 0.2) is 0 Å². The molecule has 4 aromatic rings. The number of halogens is 3. The van der Waals surface area contributed by atoms with Gasteiger partial charge in [0, 0.05) is 41.3 Å². The molecule has 0 saturated carbocycles. The first-order valence-corrected chi connectivity index (χ1v) is 14.6. The second-order valence-electron chi connectivity index (χ2n) is 10.7. The molecule has 2 aliphatic rings. The minimum atomic E-state index is -4.44. The van der Waals surface area contributed by atoms with Gasteiger partial charge >= 0.3 is 6.18 Å². The Balaban J connectivity index is 0.000000259. The number of primary amides is 1. The molecule has 2 heterocycles. The van der Waals surface area contributed by atoms with E-state index >= 15 is 0 Å². The van der Waals surface area contributed by atoms with E-state index in [1.54, 1.807) is 4.90 Å².